The average molecular weight is 352 g/mol. The molecule has 0 fully saturated rings. The number of rotatable bonds is 5. The first-order valence-electron chi connectivity index (χ1n) is 6.49. The summed E-state index contributed by atoms with van der Waals surface area (Å²) < 4.78 is 11.1. The van der Waals surface area contributed by atoms with Crippen LogP contribution in [0.1, 0.15) is 17.3 Å². The van der Waals surface area contributed by atoms with Crippen LogP contribution >= 0.6 is 23.1 Å². The molecule has 1 aromatic heterocycles. The number of carbonyl (C=O) groups is 2. The Morgan fingerprint density at radius 1 is 1.35 bits per heavy atom. The third-order valence-electron chi connectivity index (χ3n) is 2.91. The Morgan fingerprint density at radius 2 is 2.09 bits per heavy atom. The molecule has 2 aromatic rings. The predicted molar refractivity (Wildman–Crippen MR) is 86.2 cm³/mol. The number of amides is 1. The molecule has 0 aliphatic carbocycles. The van der Waals surface area contributed by atoms with E-state index in [2.05, 4.69) is 15.5 Å². The number of thioether (sulfide) groups is 1. The van der Waals surface area contributed by atoms with E-state index in [1.807, 2.05) is 0 Å². The molecule has 120 valence electrons. The van der Waals surface area contributed by atoms with E-state index in [-0.39, 0.29) is 24.2 Å². The molecule has 0 unspecified atom stereocenters. The van der Waals surface area contributed by atoms with Crippen LogP contribution in [0.15, 0.2) is 16.5 Å². The molecule has 0 saturated carbocycles. The molecule has 1 aliphatic rings. The van der Waals surface area contributed by atoms with Crippen molar-refractivity contribution in [2.24, 2.45) is 0 Å². The molecule has 3 rings (SSSR count). The standard InChI is InChI=1S/C13H12N4O4S2/c1-6(18)7-2-9-10(21-5-20-9)3-8(7)15-11(19)4-22-13-17-16-12(14)23-13/h2-3H,4-5H2,1H3,(H2,14,16)(H,15,19). The fourth-order valence-electron chi connectivity index (χ4n) is 1.93. The SMILES string of the molecule is CC(=O)c1cc2c(cc1NC(=O)CSc1nnc(N)s1)OCO2. The van der Waals surface area contributed by atoms with Gasteiger partial charge in [-0.2, -0.15) is 0 Å². The number of hydrogen-bond donors (Lipinski definition) is 2. The summed E-state index contributed by atoms with van der Waals surface area (Å²) in [7, 11) is 0. The lowest BCUT2D eigenvalue weighted by Crippen LogP contribution is -2.16. The Hall–Kier alpha value is -2.33. The van der Waals surface area contributed by atoms with Crippen molar-refractivity contribution in [1.29, 1.82) is 0 Å². The molecule has 0 spiro atoms. The second-order valence-electron chi connectivity index (χ2n) is 4.55. The number of benzene rings is 1. The lowest BCUT2D eigenvalue weighted by atomic mass is 10.1. The second-order valence-corrected chi connectivity index (χ2v) is 6.78. The third-order valence-corrected chi connectivity index (χ3v) is 4.80. The van der Waals surface area contributed by atoms with Gasteiger partial charge in [-0.05, 0) is 13.0 Å². The molecular formula is C13H12N4O4S2. The van der Waals surface area contributed by atoms with Crippen LogP contribution in [0.3, 0.4) is 0 Å². The van der Waals surface area contributed by atoms with E-state index in [4.69, 9.17) is 15.2 Å². The maximum atomic E-state index is 12.1. The molecule has 3 N–H and O–H groups in total. The number of fused-ring (bicyclic) bond motifs is 1. The van der Waals surface area contributed by atoms with E-state index >= 15 is 0 Å². The summed E-state index contributed by atoms with van der Waals surface area (Å²) in [5, 5.41) is 10.6. The Balaban J connectivity index is 1.71. The summed E-state index contributed by atoms with van der Waals surface area (Å²) in [6.45, 7) is 1.52. The zero-order chi connectivity index (χ0) is 16.4. The van der Waals surface area contributed by atoms with E-state index in [1.165, 1.54) is 30.0 Å². The minimum atomic E-state index is -0.273. The number of anilines is 2. The number of hydrogen-bond acceptors (Lipinski definition) is 9. The largest absolute Gasteiger partial charge is 0.454 e. The fourth-order valence-corrected chi connectivity index (χ4v) is 3.37. The van der Waals surface area contributed by atoms with Gasteiger partial charge in [0.2, 0.25) is 17.8 Å². The molecule has 0 saturated heterocycles. The van der Waals surface area contributed by atoms with Gasteiger partial charge in [0.1, 0.15) is 0 Å². The number of nitrogens with one attached hydrogen (secondary N) is 1. The first-order valence-corrected chi connectivity index (χ1v) is 8.29. The van der Waals surface area contributed by atoms with Crippen molar-refractivity contribution in [3.05, 3.63) is 17.7 Å². The van der Waals surface area contributed by atoms with Crippen molar-refractivity contribution >= 4 is 45.6 Å². The molecule has 0 atom stereocenters. The van der Waals surface area contributed by atoms with Crippen molar-refractivity contribution in [1.82, 2.24) is 10.2 Å². The van der Waals surface area contributed by atoms with Gasteiger partial charge in [0, 0.05) is 11.6 Å². The molecule has 1 amide bonds. The van der Waals surface area contributed by atoms with Crippen LogP contribution in [-0.2, 0) is 4.79 Å². The predicted octanol–water partition coefficient (Wildman–Crippen LogP) is 1.78. The van der Waals surface area contributed by atoms with Gasteiger partial charge in [-0.1, -0.05) is 23.1 Å². The van der Waals surface area contributed by atoms with Gasteiger partial charge in [-0.3, -0.25) is 9.59 Å². The lowest BCUT2D eigenvalue weighted by Gasteiger charge is -2.10. The molecule has 1 aromatic carbocycles. The number of carbonyl (C=O) groups excluding carboxylic acids is 2. The number of nitrogens with zero attached hydrogens (tertiary/aromatic N) is 2. The minimum absolute atomic E-state index is 0.0956. The third kappa shape index (κ3) is 3.54. The highest BCUT2D eigenvalue weighted by molar-refractivity contribution is 8.01. The number of nitrogen functional groups attached to an aromatic ring is 1. The van der Waals surface area contributed by atoms with Gasteiger partial charge in [-0.25, -0.2) is 0 Å². The Morgan fingerprint density at radius 3 is 2.74 bits per heavy atom. The van der Waals surface area contributed by atoms with Gasteiger partial charge < -0.3 is 20.5 Å². The molecule has 0 bridgehead atoms. The van der Waals surface area contributed by atoms with Crippen LogP contribution in [-0.4, -0.2) is 34.4 Å². The van der Waals surface area contributed by atoms with E-state index in [0.717, 1.165) is 0 Å². The summed E-state index contributed by atoms with van der Waals surface area (Å²) in [5.74, 6) is 0.662. The topological polar surface area (TPSA) is 116 Å². The van der Waals surface area contributed by atoms with E-state index < -0.39 is 0 Å². The molecule has 0 radical (unpaired) electrons. The highest BCUT2D eigenvalue weighted by atomic mass is 32.2. The van der Waals surface area contributed by atoms with Crippen LogP contribution in [0.2, 0.25) is 0 Å². The van der Waals surface area contributed by atoms with Crippen LogP contribution in [0, 0.1) is 0 Å². The number of ether oxygens (including phenoxy) is 2. The summed E-state index contributed by atoms with van der Waals surface area (Å²) in [5.41, 5.74) is 6.24. The fraction of sp³-hybridized carbons (Fsp3) is 0.231. The number of Topliss-reactive ketones (excluding diaryl/α,β-unsaturated/α-hetero) is 1. The molecule has 2 heterocycles. The van der Waals surface area contributed by atoms with Gasteiger partial charge >= 0.3 is 0 Å². The van der Waals surface area contributed by atoms with Crippen LogP contribution in [0.5, 0.6) is 11.5 Å². The summed E-state index contributed by atoms with van der Waals surface area (Å²) in [6.07, 6.45) is 0. The smallest absolute Gasteiger partial charge is 0.234 e. The number of nitrogens with two attached hydrogens (primary N) is 1. The minimum Gasteiger partial charge on any atom is -0.454 e. The van der Waals surface area contributed by atoms with Gasteiger partial charge in [-0.15, -0.1) is 10.2 Å². The first kappa shape index (κ1) is 15.6. The highest BCUT2D eigenvalue weighted by Crippen LogP contribution is 2.37. The van der Waals surface area contributed by atoms with Crippen molar-refractivity contribution < 1.29 is 19.1 Å². The maximum Gasteiger partial charge on any atom is 0.234 e. The van der Waals surface area contributed by atoms with Gasteiger partial charge in [0.25, 0.3) is 0 Å². The second kappa shape index (κ2) is 6.42. The van der Waals surface area contributed by atoms with Crippen LogP contribution < -0.4 is 20.5 Å². The van der Waals surface area contributed by atoms with Crippen LogP contribution in [0.25, 0.3) is 0 Å². The molecule has 10 heteroatoms. The molecule has 23 heavy (non-hydrogen) atoms. The average Bonchev–Trinajstić information content (AvgIpc) is 3.12. The Labute approximate surface area is 139 Å². The van der Waals surface area contributed by atoms with Crippen molar-refractivity contribution in [2.75, 3.05) is 23.6 Å². The van der Waals surface area contributed by atoms with E-state index in [9.17, 15) is 9.59 Å². The molecular weight excluding hydrogens is 340 g/mol. The number of ketones is 1. The summed E-state index contributed by atoms with van der Waals surface area (Å²) >= 11 is 2.43. The van der Waals surface area contributed by atoms with Gasteiger partial charge in [0.15, 0.2) is 21.6 Å². The molecule has 8 nitrogen and oxygen atoms in total. The van der Waals surface area contributed by atoms with Crippen molar-refractivity contribution in [2.45, 2.75) is 11.3 Å². The lowest BCUT2D eigenvalue weighted by molar-refractivity contribution is -0.113. The quantitative estimate of drug-likeness (QED) is 0.618. The first-order chi connectivity index (χ1) is 11.0. The molecule has 1 aliphatic heterocycles. The van der Waals surface area contributed by atoms with Gasteiger partial charge in [0.05, 0.1) is 11.4 Å². The summed E-state index contributed by atoms with van der Waals surface area (Å²) in [4.78, 5) is 23.8. The van der Waals surface area contributed by atoms with E-state index in [1.54, 1.807) is 12.1 Å². The summed E-state index contributed by atoms with van der Waals surface area (Å²) in [6, 6.07) is 3.16. The maximum absolute atomic E-state index is 12.1. The number of aromatic nitrogens is 2. The zero-order valence-corrected chi connectivity index (χ0v) is 13.6. The Bertz CT molecular complexity index is 777. The van der Waals surface area contributed by atoms with E-state index in [0.29, 0.717) is 32.2 Å². The highest BCUT2D eigenvalue weighted by Gasteiger charge is 2.20. The monoisotopic (exact) mass is 352 g/mol. The normalized spacial score (nSPS) is 12.2. The van der Waals surface area contributed by atoms with Crippen LogP contribution in [0.4, 0.5) is 10.8 Å². The Kier molecular flexibility index (Phi) is 4.35. The van der Waals surface area contributed by atoms with Crippen molar-refractivity contribution in [3.8, 4) is 11.5 Å². The van der Waals surface area contributed by atoms with Crippen molar-refractivity contribution in [3.63, 3.8) is 0 Å². The zero-order valence-electron chi connectivity index (χ0n) is 12.0.